The SMILES string of the molecule is C.CCN(CC)CCO.CCN(CC)CCOc1ccc(S(=O)(=O)c2cnc3ccc(SC)cc3c2N2CCCN(C)CC2)cc1.CSc1ccc2ncc(S(=O)(=O)c3ccc(Cl)cc3)c(N3CCCN(C)CC3)c2c1.[H-].[Na+]. The number of benzene rings is 4. The molecule has 0 radical (unpaired) electrons. The summed E-state index contributed by atoms with van der Waals surface area (Å²) in [5.41, 5.74) is 3.12. The molecule has 77 heavy (non-hydrogen) atoms. The number of pyridine rings is 2. The van der Waals surface area contributed by atoms with Gasteiger partial charge in [-0.15, -0.1) is 23.5 Å². The Morgan fingerprint density at radius 2 is 1.03 bits per heavy atom. The molecule has 6 aromatic rings. The van der Waals surface area contributed by atoms with Gasteiger partial charge in [-0.1, -0.05) is 46.7 Å². The summed E-state index contributed by atoms with van der Waals surface area (Å²) < 4.78 is 61.2. The zero-order valence-electron chi connectivity index (χ0n) is 47.0. The van der Waals surface area contributed by atoms with Crippen LogP contribution >= 0.6 is 35.1 Å². The van der Waals surface area contributed by atoms with E-state index in [1.807, 2.05) is 36.8 Å². The van der Waals surface area contributed by atoms with E-state index < -0.39 is 19.7 Å². The molecule has 4 aromatic carbocycles. The molecule has 0 aliphatic carbocycles. The van der Waals surface area contributed by atoms with Crippen molar-refractivity contribution in [2.24, 2.45) is 0 Å². The molecule has 418 valence electrons. The second-order valence-corrected chi connectivity index (χ2v) is 24.6. The second-order valence-electron chi connectivity index (χ2n) is 18.6. The molecule has 0 bridgehead atoms. The average Bonchev–Trinajstić information content (AvgIpc) is 3.90. The van der Waals surface area contributed by atoms with E-state index in [-0.39, 0.29) is 64.6 Å². The van der Waals surface area contributed by atoms with Crippen LogP contribution in [0.2, 0.25) is 5.02 Å². The Morgan fingerprint density at radius 3 is 1.42 bits per heavy atom. The third kappa shape index (κ3) is 17.6. The van der Waals surface area contributed by atoms with Crippen LogP contribution in [0.1, 0.15) is 49.4 Å². The van der Waals surface area contributed by atoms with Crippen LogP contribution in [0.25, 0.3) is 21.8 Å². The van der Waals surface area contributed by atoms with Crippen LogP contribution in [0, 0.1) is 0 Å². The van der Waals surface area contributed by atoms with Gasteiger partial charge < -0.3 is 40.7 Å². The maximum absolute atomic E-state index is 14.0. The first-order valence-electron chi connectivity index (χ1n) is 26.0. The number of sulfone groups is 2. The quantitative estimate of drug-likeness (QED) is 0.0679. The van der Waals surface area contributed by atoms with Crippen LogP contribution in [-0.2, 0) is 19.7 Å². The van der Waals surface area contributed by atoms with Crippen molar-refractivity contribution in [3.05, 3.63) is 102 Å². The van der Waals surface area contributed by atoms with E-state index in [9.17, 15) is 16.8 Å². The summed E-state index contributed by atoms with van der Waals surface area (Å²) in [6.07, 6.45) is 9.04. The molecule has 20 heteroatoms. The molecule has 4 heterocycles. The van der Waals surface area contributed by atoms with Gasteiger partial charge in [0, 0.05) is 90.3 Å². The van der Waals surface area contributed by atoms with Crippen LogP contribution in [0.15, 0.2) is 127 Å². The zero-order chi connectivity index (χ0) is 54.1. The van der Waals surface area contributed by atoms with Crippen molar-refractivity contribution in [1.82, 2.24) is 29.6 Å². The number of hydrogen-bond acceptors (Lipinski definition) is 16. The fourth-order valence-electron chi connectivity index (χ4n) is 9.22. The minimum Gasteiger partial charge on any atom is -1.00 e. The van der Waals surface area contributed by atoms with E-state index in [2.05, 4.69) is 93.3 Å². The molecular formula is C57H82ClN8NaO6S4. The van der Waals surface area contributed by atoms with Crippen LogP contribution in [0.5, 0.6) is 5.75 Å². The third-order valence-electron chi connectivity index (χ3n) is 13.8. The van der Waals surface area contributed by atoms with Crippen LogP contribution < -0.4 is 44.1 Å². The van der Waals surface area contributed by atoms with Gasteiger partial charge in [-0.05, 0) is 164 Å². The predicted octanol–water partition coefficient (Wildman–Crippen LogP) is 7.31. The molecule has 2 aliphatic heterocycles. The van der Waals surface area contributed by atoms with Gasteiger partial charge in [-0.25, -0.2) is 16.8 Å². The van der Waals surface area contributed by atoms with Crippen molar-refractivity contribution in [2.75, 3.05) is 141 Å². The van der Waals surface area contributed by atoms with Crippen molar-refractivity contribution >= 4 is 88.0 Å². The maximum atomic E-state index is 14.0. The number of hydrogen-bond donors (Lipinski definition) is 1. The zero-order valence-corrected chi connectivity index (χ0v) is 52.1. The number of anilines is 2. The molecule has 2 fully saturated rings. The van der Waals surface area contributed by atoms with Gasteiger partial charge in [-0.2, -0.15) is 0 Å². The van der Waals surface area contributed by atoms with E-state index in [1.54, 1.807) is 72.1 Å². The molecule has 0 unspecified atom stereocenters. The number of rotatable bonds is 18. The molecule has 0 atom stereocenters. The second kappa shape index (κ2) is 32.3. The summed E-state index contributed by atoms with van der Waals surface area (Å²) in [5, 5.41) is 10.7. The Labute approximate surface area is 497 Å². The first-order chi connectivity index (χ1) is 36.1. The van der Waals surface area contributed by atoms with Crippen LogP contribution in [-0.4, -0.2) is 183 Å². The van der Waals surface area contributed by atoms with Crippen molar-refractivity contribution < 1.29 is 57.7 Å². The Bertz CT molecular complexity index is 3000. The maximum Gasteiger partial charge on any atom is 1.00 e. The Morgan fingerprint density at radius 1 is 0.610 bits per heavy atom. The van der Waals surface area contributed by atoms with Crippen molar-refractivity contribution in [1.29, 1.82) is 0 Å². The van der Waals surface area contributed by atoms with Gasteiger partial charge in [-0.3, -0.25) is 9.97 Å². The number of fused-ring (bicyclic) bond motifs is 2. The number of likely N-dealkylation sites (N-methyl/N-ethyl adjacent to an activating group) is 4. The molecule has 0 amide bonds. The minimum atomic E-state index is -3.80. The number of ether oxygens (including phenoxy) is 1. The van der Waals surface area contributed by atoms with Gasteiger partial charge in [0.1, 0.15) is 22.1 Å². The molecule has 0 spiro atoms. The van der Waals surface area contributed by atoms with E-state index >= 15 is 0 Å². The summed E-state index contributed by atoms with van der Waals surface area (Å²) in [5.74, 6) is 0.670. The van der Waals surface area contributed by atoms with E-state index in [4.69, 9.17) is 21.4 Å². The molecule has 1 N–H and O–H groups in total. The monoisotopic (exact) mass is 1160 g/mol. The summed E-state index contributed by atoms with van der Waals surface area (Å²) >= 11 is 9.26. The van der Waals surface area contributed by atoms with Crippen molar-refractivity contribution in [2.45, 2.75) is 77.3 Å². The fourth-order valence-corrected chi connectivity index (χ4v) is 13.1. The minimum absolute atomic E-state index is 0. The van der Waals surface area contributed by atoms with E-state index in [1.165, 1.54) is 12.4 Å². The van der Waals surface area contributed by atoms with Crippen molar-refractivity contribution in [3.8, 4) is 5.75 Å². The van der Waals surface area contributed by atoms with Gasteiger partial charge in [0.2, 0.25) is 19.7 Å². The van der Waals surface area contributed by atoms with Crippen LogP contribution in [0.4, 0.5) is 11.4 Å². The number of halogens is 1. The topological polar surface area (TPSA) is 143 Å². The summed E-state index contributed by atoms with van der Waals surface area (Å²) in [6, 6.07) is 25.2. The fraction of sp³-hybridized carbons (Fsp3) is 0.474. The van der Waals surface area contributed by atoms with Crippen molar-refractivity contribution in [3.63, 3.8) is 0 Å². The number of aromatic nitrogens is 2. The van der Waals surface area contributed by atoms with Gasteiger partial charge in [0.15, 0.2) is 0 Å². The van der Waals surface area contributed by atoms with Crippen LogP contribution in [0.3, 0.4) is 0 Å². The Kier molecular flexibility index (Phi) is 27.8. The smallest absolute Gasteiger partial charge is 1.00 e. The molecule has 2 aromatic heterocycles. The number of thioether (sulfide) groups is 2. The number of aliphatic hydroxyl groups is 1. The Hall–Kier alpha value is -3.21. The van der Waals surface area contributed by atoms with Gasteiger partial charge in [0.05, 0.1) is 38.8 Å². The van der Waals surface area contributed by atoms with Gasteiger partial charge in [0.25, 0.3) is 0 Å². The first-order valence-corrected chi connectivity index (χ1v) is 31.8. The standard InChI is InChI=1S/C28H38N4O3S2.C22H24ClN3O2S2.C6H15NO.CH4.Na.H/c1-5-31(6-2)18-19-35-22-8-11-24(12-9-22)37(33,34)27-21-29-26-13-10-23(36-4)20-25(26)28(27)32-15-7-14-30(3)16-17-32;1-25-10-3-11-26(13-12-25)22-19-14-17(29-2)6-9-20(19)24-15-21(22)30(27,28)18-7-4-16(23)5-8-18;1-3-7(4-2)5-6-8;;;/h8-13,20-21H,5-7,14-19H2,1-4H3;4-9,14-15H,3,10-13H2,1-2H3;8H,3-6H2,1-2H3;1H4;;/q;;;;+1;-1. The predicted molar refractivity (Wildman–Crippen MR) is 320 cm³/mol. The first kappa shape index (κ1) is 66.3. The molecular weight excluding hydrogens is 1080 g/mol. The molecule has 8 rings (SSSR count). The molecule has 0 saturated carbocycles. The Balaban J connectivity index is 0.000000353. The summed E-state index contributed by atoms with van der Waals surface area (Å²) in [7, 11) is -3.34. The summed E-state index contributed by atoms with van der Waals surface area (Å²) in [4.78, 5) is 25.7. The van der Waals surface area contributed by atoms with E-state index in [0.29, 0.717) is 17.4 Å². The molecule has 14 nitrogen and oxygen atoms in total. The van der Waals surface area contributed by atoms with Gasteiger partial charge >= 0.3 is 29.6 Å². The van der Waals surface area contributed by atoms with E-state index in [0.717, 1.165) is 147 Å². The number of nitrogens with zero attached hydrogens (tertiary/aromatic N) is 8. The molecule has 2 saturated heterocycles. The normalized spacial score (nSPS) is 14.7. The average molecular weight is 1160 g/mol. The number of aliphatic hydroxyl groups excluding tert-OH is 1. The molecule has 2 aliphatic rings. The largest absolute Gasteiger partial charge is 1.00 e. The third-order valence-corrected chi connectivity index (χ3v) is 19.1. The summed E-state index contributed by atoms with van der Waals surface area (Å²) in [6.45, 7) is 21.9.